The number of hydrogen-bond acceptors (Lipinski definition) is 4. The van der Waals surface area contributed by atoms with Gasteiger partial charge in [-0.2, -0.15) is 0 Å². The van der Waals surface area contributed by atoms with Crippen LogP contribution in [0.4, 0.5) is 5.69 Å². The van der Waals surface area contributed by atoms with Crippen LogP contribution < -0.4 is 10.9 Å². The van der Waals surface area contributed by atoms with Crippen LogP contribution in [-0.2, 0) is 16.6 Å². The lowest BCUT2D eigenvalue weighted by Crippen LogP contribution is -2.46. The van der Waals surface area contributed by atoms with Crippen molar-refractivity contribution in [3.8, 4) is 0 Å². The summed E-state index contributed by atoms with van der Waals surface area (Å²) in [5.74, 6) is -0.361. The molecule has 1 aliphatic rings. The third-order valence-electron chi connectivity index (χ3n) is 4.56. The fourth-order valence-electron chi connectivity index (χ4n) is 3.13. The van der Waals surface area contributed by atoms with Crippen molar-refractivity contribution in [2.75, 3.05) is 11.9 Å². The van der Waals surface area contributed by atoms with E-state index in [1.807, 2.05) is 6.07 Å². The first-order chi connectivity index (χ1) is 12.0. The van der Waals surface area contributed by atoms with Gasteiger partial charge in [0.2, 0.25) is 0 Å². The maximum Gasteiger partial charge on any atom is 0.314 e. The Bertz CT molecular complexity index is 825. The van der Waals surface area contributed by atoms with E-state index >= 15 is 0 Å². The number of amides is 2. The van der Waals surface area contributed by atoms with Gasteiger partial charge in [0.15, 0.2) is 0 Å². The average Bonchev–Trinajstić information content (AvgIpc) is 3.12. The van der Waals surface area contributed by atoms with Gasteiger partial charge in [0, 0.05) is 19.8 Å². The zero-order valence-electron chi connectivity index (χ0n) is 14.3. The number of carbonyl (C=O) groups excluding carboxylic acids is 2. The summed E-state index contributed by atoms with van der Waals surface area (Å²) < 4.78 is 6.80. The number of likely N-dealkylation sites (tertiary alicyclic amines) is 1. The van der Waals surface area contributed by atoms with Crippen LogP contribution in [0.3, 0.4) is 0 Å². The first-order valence-electron chi connectivity index (χ1n) is 8.28. The van der Waals surface area contributed by atoms with Crippen LogP contribution in [0, 0.1) is 5.92 Å². The highest BCUT2D eigenvalue weighted by atomic mass is 16.3. The van der Waals surface area contributed by atoms with E-state index in [4.69, 9.17) is 4.42 Å². The summed E-state index contributed by atoms with van der Waals surface area (Å²) in [5, 5.41) is 2.43. The Morgan fingerprint density at radius 3 is 2.80 bits per heavy atom. The van der Waals surface area contributed by atoms with Crippen LogP contribution in [0.1, 0.15) is 31.6 Å². The number of rotatable bonds is 2. The molecule has 0 unspecified atom stereocenters. The second-order valence-corrected chi connectivity index (χ2v) is 6.45. The molecule has 7 nitrogen and oxygen atoms in total. The first-order valence-corrected chi connectivity index (χ1v) is 8.28. The van der Waals surface area contributed by atoms with Gasteiger partial charge in [-0.25, -0.2) is 0 Å². The van der Waals surface area contributed by atoms with Gasteiger partial charge in [-0.3, -0.25) is 14.4 Å². The fraction of sp³-hybridized carbons (Fsp3) is 0.389. The summed E-state index contributed by atoms with van der Waals surface area (Å²) in [4.78, 5) is 38.6. The van der Waals surface area contributed by atoms with E-state index in [0.29, 0.717) is 18.2 Å². The largest absolute Gasteiger partial charge is 0.467 e. The Morgan fingerprint density at radius 2 is 2.08 bits per heavy atom. The van der Waals surface area contributed by atoms with Gasteiger partial charge in [0.05, 0.1) is 12.3 Å². The van der Waals surface area contributed by atoms with Crippen molar-refractivity contribution < 1.29 is 14.0 Å². The lowest BCUT2D eigenvalue weighted by Gasteiger charge is -2.36. The number of nitrogens with one attached hydrogen (secondary N) is 1. The van der Waals surface area contributed by atoms with E-state index in [1.165, 1.54) is 15.5 Å². The molecule has 3 heterocycles. The minimum absolute atomic E-state index is 0.0864. The Hall–Kier alpha value is -2.83. The van der Waals surface area contributed by atoms with E-state index in [-0.39, 0.29) is 17.3 Å². The van der Waals surface area contributed by atoms with Crippen molar-refractivity contribution in [2.45, 2.75) is 25.8 Å². The van der Waals surface area contributed by atoms with Crippen molar-refractivity contribution in [3.63, 3.8) is 0 Å². The van der Waals surface area contributed by atoms with Gasteiger partial charge in [-0.05, 0) is 43.0 Å². The quantitative estimate of drug-likeness (QED) is 0.844. The smallest absolute Gasteiger partial charge is 0.314 e. The van der Waals surface area contributed by atoms with Crippen LogP contribution >= 0.6 is 0 Å². The van der Waals surface area contributed by atoms with Crippen molar-refractivity contribution in [2.24, 2.45) is 13.0 Å². The van der Waals surface area contributed by atoms with Crippen LogP contribution in [-0.4, -0.2) is 27.8 Å². The molecular weight excluding hydrogens is 322 g/mol. The third kappa shape index (κ3) is 3.50. The molecule has 2 aromatic heterocycles. The molecule has 7 heteroatoms. The maximum atomic E-state index is 12.7. The second kappa shape index (κ2) is 6.96. The fourth-order valence-corrected chi connectivity index (χ4v) is 3.13. The molecule has 1 fully saturated rings. The number of nitrogens with zero attached hydrogens (tertiary/aromatic N) is 2. The Morgan fingerprint density at radius 1 is 1.28 bits per heavy atom. The van der Waals surface area contributed by atoms with Crippen LogP contribution in [0.2, 0.25) is 0 Å². The first kappa shape index (κ1) is 17.0. The molecule has 0 aromatic carbocycles. The number of aromatic nitrogens is 1. The molecule has 1 aliphatic heterocycles. The summed E-state index contributed by atoms with van der Waals surface area (Å²) >= 11 is 0. The van der Waals surface area contributed by atoms with Crippen molar-refractivity contribution in [3.05, 3.63) is 52.8 Å². The van der Waals surface area contributed by atoms with Crippen LogP contribution in [0.25, 0.3) is 0 Å². The predicted molar refractivity (Wildman–Crippen MR) is 91.9 cm³/mol. The van der Waals surface area contributed by atoms with E-state index in [2.05, 4.69) is 12.2 Å². The molecule has 0 saturated carbocycles. The molecule has 0 radical (unpaired) electrons. The highest BCUT2D eigenvalue weighted by Gasteiger charge is 2.35. The van der Waals surface area contributed by atoms with Gasteiger partial charge >= 0.3 is 11.8 Å². The zero-order valence-corrected chi connectivity index (χ0v) is 14.3. The molecule has 0 spiro atoms. The molecule has 25 heavy (non-hydrogen) atoms. The minimum Gasteiger partial charge on any atom is -0.467 e. The highest BCUT2D eigenvalue weighted by molar-refractivity contribution is 6.39. The molecular formula is C18H21N3O4. The van der Waals surface area contributed by atoms with E-state index < -0.39 is 11.8 Å². The molecule has 2 amide bonds. The number of furan rings is 1. The predicted octanol–water partition coefficient (Wildman–Crippen LogP) is 1.92. The molecule has 2 aromatic rings. The maximum absolute atomic E-state index is 12.7. The third-order valence-corrected chi connectivity index (χ3v) is 4.56. The number of piperidine rings is 1. The molecule has 0 bridgehead atoms. The van der Waals surface area contributed by atoms with E-state index in [0.717, 1.165) is 12.8 Å². The highest BCUT2D eigenvalue weighted by Crippen LogP contribution is 2.34. The van der Waals surface area contributed by atoms with Crippen molar-refractivity contribution in [1.29, 1.82) is 0 Å². The SMILES string of the molecule is C[C@H]1CCN(C(=O)C(=O)Nc2cccn(C)c2=O)[C@H](c2ccco2)C1. The molecule has 3 rings (SSSR count). The van der Waals surface area contributed by atoms with E-state index in [1.54, 1.807) is 31.6 Å². The average molecular weight is 343 g/mol. The van der Waals surface area contributed by atoms with Crippen LogP contribution in [0.15, 0.2) is 45.9 Å². The monoisotopic (exact) mass is 343 g/mol. The minimum atomic E-state index is -0.811. The Kier molecular flexibility index (Phi) is 4.74. The van der Waals surface area contributed by atoms with Crippen molar-refractivity contribution in [1.82, 2.24) is 9.47 Å². The lowest BCUT2D eigenvalue weighted by atomic mass is 9.91. The molecule has 1 N–H and O–H groups in total. The standard InChI is InChI=1S/C18H21N3O4/c1-12-7-9-21(14(11-12)15-6-4-10-25-15)18(24)16(22)19-13-5-3-8-20(2)17(13)23/h3-6,8,10,12,14H,7,9,11H2,1-2H3,(H,19,22)/t12-,14-/m0/s1. The molecule has 0 aliphatic carbocycles. The number of anilines is 1. The number of hydrogen-bond donors (Lipinski definition) is 1. The van der Waals surface area contributed by atoms with Gasteiger partial charge < -0.3 is 19.2 Å². The van der Waals surface area contributed by atoms with Crippen LogP contribution in [0.5, 0.6) is 0 Å². The van der Waals surface area contributed by atoms with E-state index in [9.17, 15) is 14.4 Å². The molecule has 132 valence electrons. The Labute approximate surface area is 145 Å². The zero-order chi connectivity index (χ0) is 18.0. The summed E-state index contributed by atoms with van der Waals surface area (Å²) in [6, 6.07) is 6.43. The summed E-state index contributed by atoms with van der Waals surface area (Å²) in [5.41, 5.74) is -0.276. The Balaban J connectivity index is 1.79. The van der Waals surface area contributed by atoms with Gasteiger partial charge in [0.1, 0.15) is 11.4 Å². The van der Waals surface area contributed by atoms with Gasteiger partial charge in [-0.1, -0.05) is 6.92 Å². The van der Waals surface area contributed by atoms with Crippen molar-refractivity contribution >= 4 is 17.5 Å². The van der Waals surface area contributed by atoms with Gasteiger partial charge in [0.25, 0.3) is 5.56 Å². The summed E-state index contributed by atoms with van der Waals surface area (Å²) in [7, 11) is 1.58. The number of aryl methyl sites for hydroxylation is 1. The summed E-state index contributed by atoms with van der Waals surface area (Å²) in [6.45, 7) is 2.59. The number of pyridine rings is 1. The van der Waals surface area contributed by atoms with Gasteiger partial charge in [-0.15, -0.1) is 0 Å². The number of carbonyl (C=O) groups is 2. The molecule has 2 atom stereocenters. The second-order valence-electron chi connectivity index (χ2n) is 6.45. The summed E-state index contributed by atoms with van der Waals surface area (Å²) in [6.07, 6.45) is 4.70. The topological polar surface area (TPSA) is 84.5 Å². The normalized spacial score (nSPS) is 20.3. The lowest BCUT2D eigenvalue weighted by molar-refractivity contribution is -0.146. The molecule has 1 saturated heterocycles.